The van der Waals surface area contributed by atoms with Crippen LogP contribution in [0.3, 0.4) is 0 Å². The Bertz CT molecular complexity index is 684. The Hall–Kier alpha value is -2.54. The van der Waals surface area contributed by atoms with Gasteiger partial charge in [0.25, 0.3) is 5.91 Å². The highest BCUT2D eigenvalue weighted by molar-refractivity contribution is 7.10. The first-order valence-corrected chi connectivity index (χ1v) is 8.49. The topological polar surface area (TPSA) is 83.5 Å². The van der Waals surface area contributed by atoms with Crippen LogP contribution in [0.4, 0.5) is 0 Å². The minimum absolute atomic E-state index is 0.0501. The second-order valence-corrected chi connectivity index (χ2v) is 6.60. The molecule has 6 nitrogen and oxygen atoms in total. The van der Waals surface area contributed by atoms with Gasteiger partial charge in [-0.3, -0.25) is 14.6 Å². The Morgan fingerprint density at radius 3 is 2.79 bits per heavy atom. The van der Waals surface area contributed by atoms with Gasteiger partial charge in [-0.25, -0.2) is 5.43 Å². The maximum Gasteiger partial charge on any atom is 0.262 e. The number of nitrogens with zero attached hydrogens (tertiary/aromatic N) is 2. The molecule has 0 aliphatic carbocycles. The lowest BCUT2D eigenvalue weighted by Crippen LogP contribution is -2.49. The number of aromatic nitrogens is 1. The van der Waals surface area contributed by atoms with Gasteiger partial charge in [0.1, 0.15) is 6.04 Å². The van der Waals surface area contributed by atoms with Crippen molar-refractivity contribution in [2.24, 2.45) is 11.0 Å². The van der Waals surface area contributed by atoms with E-state index in [1.165, 1.54) is 17.6 Å². The van der Waals surface area contributed by atoms with Gasteiger partial charge in [0, 0.05) is 22.8 Å². The Morgan fingerprint density at radius 1 is 1.33 bits per heavy atom. The smallest absolute Gasteiger partial charge is 0.262 e. The monoisotopic (exact) mass is 344 g/mol. The molecular formula is C17H20N4O2S. The predicted molar refractivity (Wildman–Crippen MR) is 94.8 cm³/mol. The maximum atomic E-state index is 12.3. The van der Waals surface area contributed by atoms with E-state index >= 15 is 0 Å². The molecule has 0 aliphatic rings. The molecule has 2 aromatic heterocycles. The van der Waals surface area contributed by atoms with E-state index in [1.807, 2.05) is 37.4 Å². The number of nitrogens with one attached hydrogen (secondary N) is 2. The average molecular weight is 344 g/mol. The fourth-order valence-corrected chi connectivity index (χ4v) is 2.73. The normalized spacial score (nSPS) is 12.3. The fraction of sp³-hybridized carbons (Fsp3) is 0.294. The lowest BCUT2D eigenvalue weighted by atomic mass is 10.0. The predicted octanol–water partition coefficient (Wildman–Crippen LogP) is 1.98. The zero-order chi connectivity index (χ0) is 17.4. The molecule has 0 unspecified atom stereocenters. The molecule has 2 aromatic rings. The molecule has 0 radical (unpaired) electrons. The third kappa shape index (κ3) is 5.58. The van der Waals surface area contributed by atoms with Crippen LogP contribution in [-0.2, 0) is 16.0 Å². The maximum absolute atomic E-state index is 12.3. The summed E-state index contributed by atoms with van der Waals surface area (Å²) in [6.45, 7) is 3.75. The molecule has 2 N–H and O–H groups in total. The third-order valence-corrected chi connectivity index (χ3v) is 4.13. The molecule has 2 heterocycles. The second kappa shape index (κ2) is 8.93. The fourth-order valence-electron chi connectivity index (χ4n) is 2.02. The Morgan fingerprint density at radius 2 is 2.17 bits per heavy atom. The van der Waals surface area contributed by atoms with Crippen LogP contribution in [-0.4, -0.2) is 29.1 Å². The van der Waals surface area contributed by atoms with Gasteiger partial charge in [-0.2, -0.15) is 5.10 Å². The lowest BCUT2D eigenvalue weighted by Gasteiger charge is -2.20. The minimum atomic E-state index is -0.636. The van der Waals surface area contributed by atoms with Gasteiger partial charge in [-0.1, -0.05) is 26.0 Å². The molecule has 0 fully saturated rings. The largest absolute Gasteiger partial charge is 0.344 e. The molecule has 0 aliphatic heterocycles. The van der Waals surface area contributed by atoms with Gasteiger partial charge < -0.3 is 5.32 Å². The first kappa shape index (κ1) is 17.8. The summed E-state index contributed by atoms with van der Waals surface area (Å²) in [5, 5.41) is 8.61. The average Bonchev–Trinajstić information content (AvgIpc) is 3.06. The van der Waals surface area contributed by atoms with Crippen molar-refractivity contribution in [1.82, 2.24) is 15.7 Å². The van der Waals surface area contributed by atoms with Crippen LogP contribution in [0.5, 0.6) is 0 Å². The first-order chi connectivity index (χ1) is 11.6. The van der Waals surface area contributed by atoms with E-state index in [0.29, 0.717) is 0 Å². The highest BCUT2D eigenvalue weighted by atomic mass is 32.1. The van der Waals surface area contributed by atoms with E-state index in [1.54, 1.807) is 18.5 Å². The number of thiophene rings is 1. The summed E-state index contributed by atoms with van der Waals surface area (Å²) in [7, 11) is 0. The number of hydrogen-bond donors (Lipinski definition) is 2. The summed E-state index contributed by atoms with van der Waals surface area (Å²) in [6, 6.07) is 6.76. The standard InChI is InChI=1S/C17H20N4O2S/c1-12(2)16(20-15(22)9-14-6-4-8-24-14)17(23)21-19-11-13-5-3-7-18-10-13/h3-8,10-12,16H,9H2,1-2H3,(H,20,22)(H,21,23)/b19-11+/t16-/m1/s1. The third-order valence-electron chi connectivity index (χ3n) is 3.25. The highest BCUT2D eigenvalue weighted by Crippen LogP contribution is 2.10. The summed E-state index contributed by atoms with van der Waals surface area (Å²) < 4.78 is 0. The van der Waals surface area contributed by atoms with Crippen molar-refractivity contribution < 1.29 is 9.59 Å². The van der Waals surface area contributed by atoms with Gasteiger partial charge in [0.05, 0.1) is 12.6 Å². The van der Waals surface area contributed by atoms with Crippen molar-refractivity contribution in [2.75, 3.05) is 0 Å². The summed E-state index contributed by atoms with van der Waals surface area (Å²) in [4.78, 5) is 29.3. The number of carbonyl (C=O) groups excluding carboxylic acids is 2. The van der Waals surface area contributed by atoms with E-state index < -0.39 is 6.04 Å². The molecule has 0 bridgehead atoms. The van der Waals surface area contributed by atoms with E-state index in [4.69, 9.17) is 0 Å². The van der Waals surface area contributed by atoms with Crippen molar-refractivity contribution in [3.8, 4) is 0 Å². The van der Waals surface area contributed by atoms with Gasteiger partial charge in [0.15, 0.2) is 0 Å². The summed E-state index contributed by atoms with van der Waals surface area (Å²) in [5.74, 6) is -0.571. The van der Waals surface area contributed by atoms with Crippen LogP contribution in [0.1, 0.15) is 24.3 Å². The van der Waals surface area contributed by atoms with Gasteiger partial charge in [0.2, 0.25) is 5.91 Å². The van der Waals surface area contributed by atoms with Crippen molar-refractivity contribution in [3.63, 3.8) is 0 Å². The molecule has 126 valence electrons. The van der Waals surface area contributed by atoms with Crippen LogP contribution in [0.25, 0.3) is 0 Å². The van der Waals surface area contributed by atoms with Gasteiger partial charge in [-0.05, 0) is 23.4 Å². The summed E-state index contributed by atoms with van der Waals surface area (Å²) in [6.07, 6.45) is 5.08. The molecule has 2 amide bonds. The van der Waals surface area contributed by atoms with Crippen molar-refractivity contribution in [1.29, 1.82) is 0 Å². The molecule has 0 spiro atoms. The second-order valence-electron chi connectivity index (χ2n) is 5.57. The molecule has 0 aromatic carbocycles. The lowest BCUT2D eigenvalue weighted by molar-refractivity contribution is -0.129. The summed E-state index contributed by atoms with van der Waals surface area (Å²) in [5.41, 5.74) is 3.25. The molecule has 1 atom stereocenters. The zero-order valence-electron chi connectivity index (χ0n) is 13.6. The Kier molecular flexibility index (Phi) is 6.62. The number of amides is 2. The van der Waals surface area contributed by atoms with E-state index in [9.17, 15) is 9.59 Å². The van der Waals surface area contributed by atoms with E-state index in [0.717, 1.165) is 10.4 Å². The van der Waals surface area contributed by atoms with Crippen LogP contribution in [0.15, 0.2) is 47.1 Å². The van der Waals surface area contributed by atoms with Gasteiger partial charge in [-0.15, -0.1) is 11.3 Å². The summed E-state index contributed by atoms with van der Waals surface area (Å²) >= 11 is 1.52. The molecule has 7 heteroatoms. The molecule has 24 heavy (non-hydrogen) atoms. The Balaban J connectivity index is 1.90. The van der Waals surface area contributed by atoms with Crippen molar-refractivity contribution >= 4 is 29.4 Å². The zero-order valence-corrected chi connectivity index (χ0v) is 14.4. The molecular weight excluding hydrogens is 324 g/mol. The number of rotatable bonds is 7. The van der Waals surface area contributed by atoms with E-state index in [-0.39, 0.29) is 24.2 Å². The number of hydrazone groups is 1. The quantitative estimate of drug-likeness (QED) is 0.595. The van der Waals surface area contributed by atoms with Gasteiger partial charge >= 0.3 is 0 Å². The SMILES string of the molecule is CC(C)[C@@H](NC(=O)Cc1cccs1)C(=O)N/N=C/c1cccnc1. The number of hydrogen-bond acceptors (Lipinski definition) is 5. The van der Waals surface area contributed by atoms with Crippen LogP contribution in [0, 0.1) is 5.92 Å². The van der Waals surface area contributed by atoms with Crippen LogP contribution < -0.4 is 10.7 Å². The van der Waals surface area contributed by atoms with Crippen molar-refractivity contribution in [2.45, 2.75) is 26.3 Å². The molecule has 2 rings (SSSR count). The minimum Gasteiger partial charge on any atom is -0.344 e. The van der Waals surface area contributed by atoms with Crippen molar-refractivity contribution in [3.05, 3.63) is 52.5 Å². The number of carbonyl (C=O) groups is 2. The molecule has 0 saturated heterocycles. The van der Waals surface area contributed by atoms with Crippen LogP contribution in [0.2, 0.25) is 0 Å². The highest BCUT2D eigenvalue weighted by Gasteiger charge is 2.24. The first-order valence-electron chi connectivity index (χ1n) is 7.61. The number of pyridine rings is 1. The van der Waals surface area contributed by atoms with Crippen LogP contribution >= 0.6 is 11.3 Å². The van der Waals surface area contributed by atoms with E-state index in [2.05, 4.69) is 20.8 Å². The Labute approximate surface area is 145 Å². The molecule has 0 saturated carbocycles.